The van der Waals surface area contributed by atoms with Gasteiger partial charge in [0.05, 0.1) is 12.8 Å². The minimum absolute atomic E-state index is 0.0226. The molecule has 2 radical (unpaired) electrons. The maximum absolute atomic E-state index is 11.9. The predicted octanol–water partition coefficient (Wildman–Crippen LogP) is 1.24. The molecular formula is C21H27BN6O3. The lowest BCUT2D eigenvalue weighted by Crippen LogP contribution is -2.48. The molecule has 1 saturated carbocycles. The van der Waals surface area contributed by atoms with Gasteiger partial charge in [0.1, 0.15) is 19.4 Å². The first kappa shape index (κ1) is 22.4. The van der Waals surface area contributed by atoms with E-state index in [1.54, 1.807) is 25.2 Å². The summed E-state index contributed by atoms with van der Waals surface area (Å²) in [5.74, 6) is 1.05. The molecule has 0 bridgehead atoms. The van der Waals surface area contributed by atoms with Crippen molar-refractivity contribution < 1.29 is 14.3 Å². The number of hydrogen-bond donors (Lipinski definition) is 4. The van der Waals surface area contributed by atoms with Crippen LogP contribution in [0.4, 0.5) is 17.5 Å². The van der Waals surface area contributed by atoms with Crippen LogP contribution in [0.15, 0.2) is 24.4 Å². The summed E-state index contributed by atoms with van der Waals surface area (Å²) in [6.07, 6.45) is 5.48. The van der Waals surface area contributed by atoms with Gasteiger partial charge in [0.2, 0.25) is 11.9 Å². The van der Waals surface area contributed by atoms with Crippen LogP contribution in [-0.2, 0) is 4.79 Å². The Kier molecular flexibility index (Phi) is 7.33. The lowest BCUT2D eigenvalue weighted by Gasteiger charge is -2.33. The van der Waals surface area contributed by atoms with Gasteiger partial charge < -0.3 is 26.0 Å². The van der Waals surface area contributed by atoms with E-state index >= 15 is 0 Å². The van der Waals surface area contributed by atoms with E-state index in [2.05, 4.69) is 31.2 Å². The highest BCUT2D eigenvalue weighted by Gasteiger charge is 2.26. The zero-order valence-electron chi connectivity index (χ0n) is 18.0. The monoisotopic (exact) mass is 422 g/mol. The van der Waals surface area contributed by atoms with E-state index in [0.717, 1.165) is 25.7 Å². The summed E-state index contributed by atoms with van der Waals surface area (Å²) in [6.45, 7) is 1.52. The minimum atomic E-state index is -0.207. The zero-order chi connectivity index (χ0) is 22.4. The smallest absolute Gasteiger partial charge is 0.251 e. The van der Waals surface area contributed by atoms with E-state index in [-0.39, 0.29) is 23.9 Å². The number of amides is 2. The molecule has 31 heavy (non-hydrogen) atoms. The molecule has 2 atom stereocenters. The first-order chi connectivity index (χ1) is 14.9. The first-order valence-electron chi connectivity index (χ1n) is 10.2. The summed E-state index contributed by atoms with van der Waals surface area (Å²) in [6, 6.07) is 5.10. The zero-order valence-corrected chi connectivity index (χ0v) is 18.0. The fraction of sp³-hybridized carbons (Fsp3) is 0.429. The van der Waals surface area contributed by atoms with Crippen LogP contribution in [0, 0.1) is 0 Å². The van der Waals surface area contributed by atoms with Crippen molar-refractivity contribution in [3.05, 3.63) is 30.0 Å². The maximum Gasteiger partial charge on any atom is 0.251 e. The maximum atomic E-state index is 11.9. The molecule has 2 amide bonds. The summed E-state index contributed by atoms with van der Waals surface area (Å²) in [7, 11) is 9.19. The Bertz CT molecular complexity index is 955. The third-order valence-corrected chi connectivity index (χ3v) is 5.23. The Balaban J connectivity index is 1.79. The molecule has 0 unspecified atom stereocenters. The molecule has 1 fully saturated rings. The number of nitrogens with zero attached hydrogens (tertiary/aromatic N) is 2. The highest BCUT2D eigenvalue weighted by Crippen LogP contribution is 2.28. The Morgan fingerprint density at radius 1 is 1.19 bits per heavy atom. The van der Waals surface area contributed by atoms with Gasteiger partial charge in [0, 0.05) is 37.8 Å². The molecule has 1 aliphatic carbocycles. The fourth-order valence-electron chi connectivity index (χ4n) is 3.68. The third kappa shape index (κ3) is 5.65. The molecule has 2 aromatic rings. The van der Waals surface area contributed by atoms with Crippen LogP contribution in [-0.4, -0.2) is 55.9 Å². The Hall–Kier alpha value is -3.30. The average molecular weight is 422 g/mol. The summed E-state index contributed by atoms with van der Waals surface area (Å²) < 4.78 is 5.40. The second-order valence-electron chi connectivity index (χ2n) is 7.46. The highest BCUT2D eigenvalue weighted by molar-refractivity contribution is 6.35. The van der Waals surface area contributed by atoms with E-state index < -0.39 is 0 Å². The molecule has 0 saturated heterocycles. The highest BCUT2D eigenvalue weighted by atomic mass is 16.5. The van der Waals surface area contributed by atoms with E-state index in [0.29, 0.717) is 34.2 Å². The Morgan fingerprint density at radius 2 is 1.94 bits per heavy atom. The quantitative estimate of drug-likeness (QED) is 0.496. The lowest BCUT2D eigenvalue weighted by atomic mass is 9.89. The Labute approximate surface area is 183 Å². The van der Waals surface area contributed by atoms with Crippen molar-refractivity contribution in [3.63, 3.8) is 0 Å². The summed E-state index contributed by atoms with van der Waals surface area (Å²) in [5.41, 5.74) is 1.51. The number of ether oxygens (including phenoxy) is 1. The van der Waals surface area contributed by atoms with Crippen molar-refractivity contribution in [1.29, 1.82) is 0 Å². The van der Waals surface area contributed by atoms with Crippen LogP contribution in [0.25, 0.3) is 0 Å². The van der Waals surface area contributed by atoms with Crippen molar-refractivity contribution in [1.82, 2.24) is 20.6 Å². The number of benzene rings is 1. The number of methoxy groups -OCH3 is 1. The summed E-state index contributed by atoms with van der Waals surface area (Å²) in [5, 5.41) is 12.1. The van der Waals surface area contributed by atoms with Crippen LogP contribution < -0.4 is 31.5 Å². The van der Waals surface area contributed by atoms with Gasteiger partial charge in [-0.3, -0.25) is 9.59 Å². The van der Waals surface area contributed by atoms with Gasteiger partial charge in [-0.05, 0) is 36.5 Å². The SMILES string of the molecule is [B]c1cnc(Nc2ccc(C(=O)NC)cc2OC)nc1N[C@@H]1CCCC[C@H]1NC(C)=O. The predicted molar refractivity (Wildman–Crippen MR) is 121 cm³/mol. The first-order valence-corrected chi connectivity index (χ1v) is 10.2. The number of rotatable bonds is 7. The molecule has 1 aromatic carbocycles. The van der Waals surface area contributed by atoms with Crippen molar-refractivity contribution >= 4 is 42.6 Å². The molecule has 162 valence electrons. The van der Waals surface area contributed by atoms with Crippen molar-refractivity contribution in [2.75, 3.05) is 24.8 Å². The minimum Gasteiger partial charge on any atom is -0.495 e. The molecule has 1 heterocycles. The van der Waals surface area contributed by atoms with E-state index in [4.69, 9.17) is 12.6 Å². The molecule has 9 nitrogen and oxygen atoms in total. The number of anilines is 3. The number of hydrogen-bond acceptors (Lipinski definition) is 7. The van der Waals surface area contributed by atoms with Crippen molar-refractivity contribution in [2.24, 2.45) is 0 Å². The molecule has 0 spiro atoms. The van der Waals surface area contributed by atoms with E-state index in [9.17, 15) is 9.59 Å². The molecule has 1 aromatic heterocycles. The van der Waals surface area contributed by atoms with Crippen LogP contribution >= 0.6 is 0 Å². The molecule has 10 heteroatoms. The number of nitrogens with one attached hydrogen (secondary N) is 4. The van der Waals surface area contributed by atoms with Crippen LogP contribution in [0.5, 0.6) is 5.75 Å². The topological polar surface area (TPSA) is 117 Å². The second kappa shape index (κ2) is 10.1. The number of carbonyl (C=O) groups is 2. The Morgan fingerprint density at radius 3 is 2.61 bits per heavy atom. The van der Waals surface area contributed by atoms with Gasteiger partial charge in [-0.25, -0.2) is 4.98 Å². The average Bonchev–Trinajstić information content (AvgIpc) is 2.76. The molecular weight excluding hydrogens is 395 g/mol. The summed E-state index contributed by atoms with van der Waals surface area (Å²) >= 11 is 0. The van der Waals surface area contributed by atoms with Crippen molar-refractivity contribution in [3.8, 4) is 5.75 Å². The number of carbonyl (C=O) groups excluding carboxylic acids is 2. The van der Waals surface area contributed by atoms with E-state index in [1.165, 1.54) is 20.2 Å². The third-order valence-electron chi connectivity index (χ3n) is 5.23. The molecule has 4 N–H and O–H groups in total. The van der Waals surface area contributed by atoms with Gasteiger partial charge in [-0.2, -0.15) is 4.98 Å². The number of aromatic nitrogens is 2. The van der Waals surface area contributed by atoms with Gasteiger partial charge in [-0.15, -0.1) is 0 Å². The fourth-order valence-corrected chi connectivity index (χ4v) is 3.68. The molecule has 3 rings (SSSR count). The second-order valence-corrected chi connectivity index (χ2v) is 7.46. The van der Waals surface area contributed by atoms with Crippen LogP contribution in [0.2, 0.25) is 0 Å². The van der Waals surface area contributed by atoms with Gasteiger partial charge in [0.25, 0.3) is 5.91 Å². The van der Waals surface area contributed by atoms with Crippen LogP contribution in [0.1, 0.15) is 43.0 Å². The van der Waals surface area contributed by atoms with Gasteiger partial charge in [-0.1, -0.05) is 12.8 Å². The van der Waals surface area contributed by atoms with Crippen molar-refractivity contribution in [2.45, 2.75) is 44.7 Å². The molecule has 1 aliphatic rings. The van der Waals surface area contributed by atoms with Gasteiger partial charge in [0.15, 0.2) is 0 Å². The van der Waals surface area contributed by atoms with Gasteiger partial charge >= 0.3 is 0 Å². The normalized spacial score (nSPS) is 18.0. The largest absolute Gasteiger partial charge is 0.495 e. The molecule has 0 aliphatic heterocycles. The van der Waals surface area contributed by atoms with Crippen LogP contribution in [0.3, 0.4) is 0 Å². The standard InChI is InChI=1S/C21H27BN6O3/c1-12(29)25-15-6-4-5-7-16(15)26-19-14(22)11-24-21(28-19)27-17-9-8-13(20(30)23-2)10-18(17)31-3/h8-11,15-16H,4-7H2,1-3H3,(H,23,30)(H,25,29)(H2,24,26,27,28)/t15-,16-/m1/s1. The van der Waals surface area contributed by atoms with E-state index in [1.807, 2.05) is 0 Å². The lowest BCUT2D eigenvalue weighted by molar-refractivity contribution is -0.119. The summed E-state index contributed by atoms with van der Waals surface area (Å²) in [4.78, 5) is 32.2.